The van der Waals surface area contributed by atoms with Gasteiger partial charge in [-0.05, 0) is 37.6 Å². The van der Waals surface area contributed by atoms with E-state index in [1.807, 2.05) is 13.8 Å². The van der Waals surface area contributed by atoms with Crippen molar-refractivity contribution < 1.29 is 17.9 Å². The summed E-state index contributed by atoms with van der Waals surface area (Å²) in [5.41, 5.74) is 0.552. The van der Waals surface area contributed by atoms with Crippen LogP contribution in [0.25, 0.3) is 0 Å². The highest BCUT2D eigenvalue weighted by molar-refractivity contribution is 7.92. The van der Waals surface area contributed by atoms with Gasteiger partial charge in [-0.3, -0.25) is 9.10 Å². The number of anilines is 1. The van der Waals surface area contributed by atoms with E-state index in [1.54, 1.807) is 24.3 Å². The van der Waals surface area contributed by atoms with Crippen molar-refractivity contribution in [1.82, 2.24) is 5.32 Å². The van der Waals surface area contributed by atoms with Crippen LogP contribution < -0.4 is 14.4 Å². The molecule has 0 bridgehead atoms. The molecule has 0 atom stereocenters. The summed E-state index contributed by atoms with van der Waals surface area (Å²) in [6, 6.07) is 6.85. The van der Waals surface area contributed by atoms with Crippen molar-refractivity contribution >= 4 is 21.6 Å². The molecule has 1 aromatic carbocycles. The molecule has 1 N–H and O–H groups in total. The molecule has 22 heavy (non-hydrogen) atoms. The van der Waals surface area contributed by atoms with Gasteiger partial charge in [0.25, 0.3) is 0 Å². The lowest BCUT2D eigenvalue weighted by molar-refractivity contribution is -0.121. The molecule has 0 saturated carbocycles. The maximum absolute atomic E-state index is 11.9. The average molecular weight is 328 g/mol. The molecular weight excluding hydrogens is 304 g/mol. The van der Waals surface area contributed by atoms with Crippen LogP contribution in [0.1, 0.15) is 26.7 Å². The highest BCUT2D eigenvalue weighted by Crippen LogP contribution is 2.21. The van der Waals surface area contributed by atoms with Crippen LogP contribution in [0.3, 0.4) is 0 Å². The lowest BCUT2D eigenvalue weighted by Crippen LogP contribution is -2.38. The Kier molecular flexibility index (Phi) is 7.17. The van der Waals surface area contributed by atoms with E-state index in [0.29, 0.717) is 24.5 Å². The van der Waals surface area contributed by atoms with Crippen molar-refractivity contribution in [2.45, 2.75) is 26.7 Å². The summed E-state index contributed by atoms with van der Waals surface area (Å²) in [7, 11) is -3.41. The monoisotopic (exact) mass is 328 g/mol. The molecule has 6 nitrogen and oxygen atoms in total. The molecule has 1 amide bonds. The van der Waals surface area contributed by atoms with Crippen LogP contribution in [0.4, 0.5) is 5.69 Å². The van der Waals surface area contributed by atoms with Crippen LogP contribution >= 0.6 is 0 Å². The zero-order valence-electron chi connectivity index (χ0n) is 13.3. The van der Waals surface area contributed by atoms with E-state index in [9.17, 15) is 13.2 Å². The smallest absolute Gasteiger partial charge is 0.232 e. The third-order valence-electron chi connectivity index (χ3n) is 2.95. The number of ether oxygens (including phenoxy) is 1. The van der Waals surface area contributed by atoms with E-state index in [1.165, 1.54) is 4.31 Å². The van der Waals surface area contributed by atoms with E-state index < -0.39 is 10.0 Å². The van der Waals surface area contributed by atoms with Gasteiger partial charge in [-0.15, -0.1) is 0 Å². The quantitative estimate of drug-likeness (QED) is 0.749. The van der Waals surface area contributed by atoms with Crippen LogP contribution in [0.5, 0.6) is 5.75 Å². The van der Waals surface area contributed by atoms with Crippen LogP contribution in [0.15, 0.2) is 24.3 Å². The zero-order chi connectivity index (χ0) is 16.6. The van der Waals surface area contributed by atoms with E-state index in [-0.39, 0.29) is 19.0 Å². The molecule has 0 radical (unpaired) electrons. The van der Waals surface area contributed by atoms with E-state index in [4.69, 9.17) is 4.74 Å². The Morgan fingerprint density at radius 3 is 2.36 bits per heavy atom. The summed E-state index contributed by atoms with van der Waals surface area (Å²) < 4.78 is 30.5. The van der Waals surface area contributed by atoms with Crippen LogP contribution in [-0.2, 0) is 14.8 Å². The minimum atomic E-state index is -3.41. The van der Waals surface area contributed by atoms with Gasteiger partial charge >= 0.3 is 0 Å². The fourth-order valence-corrected chi connectivity index (χ4v) is 2.90. The number of benzene rings is 1. The minimum absolute atomic E-state index is 0.0670. The van der Waals surface area contributed by atoms with Crippen LogP contribution in [0, 0.1) is 0 Å². The minimum Gasteiger partial charge on any atom is -0.494 e. The molecule has 0 aliphatic rings. The molecule has 124 valence electrons. The number of nitrogens with one attached hydrogen (secondary N) is 1. The summed E-state index contributed by atoms with van der Waals surface area (Å²) in [5, 5.41) is 2.72. The predicted molar refractivity (Wildman–Crippen MR) is 87.7 cm³/mol. The molecule has 0 heterocycles. The van der Waals surface area contributed by atoms with Gasteiger partial charge in [0.2, 0.25) is 15.9 Å². The maximum Gasteiger partial charge on any atom is 0.232 e. The fraction of sp³-hybridized carbons (Fsp3) is 0.533. The number of sulfonamides is 1. The molecule has 0 aromatic heterocycles. The van der Waals surface area contributed by atoms with Gasteiger partial charge in [0, 0.05) is 13.0 Å². The zero-order valence-corrected chi connectivity index (χ0v) is 14.1. The number of amides is 1. The summed E-state index contributed by atoms with van der Waals surface area (Å²) in [6.45, 7) is 4.83. The number of hydrogen-bond acceptors (Lipinski definition) is 4. The van der Waals surface area contributed by atoms with Crippen LogP contribution in [-0.4, -0.2) is 40.3 Å². The van der Waals surface area contributed by atoms with Gasteiger partial charge in [0.05, 0.1) is 25.1 Å². The first-order valence-electron chi connectivity index (χ1n) is 7.35. The van der Waals surface area contributed by atoms with Crippen molar-refractivity contribution in [3.8, 4) is 5.75 Å². The third kappa shape index (κ3) is 5.93. The molecule has 7 heteroatoms. The summed E-state index contributed by atoms with van der Waals surface area (Å²) in [6.07, 6.45) is 2.36. The van der Waals surface area contributed by atoms with E-state index in [2.05, 4.69) is 5.32 Å². The predicted octanol–water partition coefficient (Wildman–Crippen LogP) is 1.77. The molecule has 0 aliphatic carbocycles. The Labute approximate surface area is 132 Å². The van der Waals surface area contributed by atoms with Crippen molar-refractivity contribution in [1.29, 1.82) is 0 Å². The second kappa shape index (κ2) is 8.63. The molecular formula is C15H24N2O4S. The molecule has 1 aromatic rings. The van der Waals surface area contributed by atoms with E-state index in [0.717, 1.165) is 12.7 Å². The summed E-state index contributed by atoms with van der Waals surface area (Å²) >= 11 is 0. The van der Waals surface area contributed by atoms with Crippen molar-refractivity contribution in [3.63, 3.8) is 0 Å². The summed E-state index contributed by atoms with van der Waals surface area (Å²) in [5.74, 6) is 0.624. The Bertz CT molecular complexity index is 570. The fourth-order valence-electron chi connectivity index (χ4n) is 1.97. The molecule has 0 spiro atoms. The number of carbonyl (C=O) groups excluding carboxylic acids is 1. The summed E-state index contributed by atoms with van der Waals surface area (Å²) in [4.78, 5) is 11.4. The number of nitrogens with zero attached hydrogens (tertiary/aromatic N) is 1. The molecule has 0 fully saturated rings. The largest absolute Gasteiger partial charge is 0.494 e. The van der Waals surface area contributed by atoms with Crippen LogP contribution in [0.2, 0.25) is 0 Å². The molecule has 0 aliphatic heterocycles. The van der Waals surface area contributed by atoms with E-state index >= 15 is 0 Å². The topological polar surface area (TPSA) is 75.7 Å². The molecule has 0 unspecified atom stereocenters. The standard InChI is InChI=1S/C15H24N2O4S/c1-4-6-15(18)16-11-12-17(22(3,19)20)13-7-9-14(10-8-13)21-5-2/h7-10H,4-6,11-12H2,1-3H3,(H,16,18). The second-order valence-corrected chi connectivity index (χ2v) is 6.77. The molecule has 1 rings (SSSR count). The van der Waals surface area contributed by atoms with Gasteiger partial charge in [-0.25, -0.2) is 8.42 Å². The Balaban J connectivity index is 2.75. The van der Waals surface area contributed by atoms with Crippen molar-refractivity contribution in [2.75, 3.05) is 30.3 Å². The number of rotatable bonds is 9. The van der Waals surface area contributed by atoms with Gasteiger partial charge in [0.15, 0.2) is 0 Å². The molecule has 0 saturated heterocycles. The van der Waals surface area contributed by atoms with Gasteiger partial charge in [-0.2, -0.15) is 0 Å². The first-order valence-corrected chi connectivity index (χ1v) is 9.20. The Morgan fingerprint density at radius 2 is 1.86 bits per heavy atom. The Hall–Kier alpha value is -1.76. The maximum atomic E-state index is 11.9. The van der Waals surface area contributed by atoms with Gasteiger partial charge in [-0.1, -0.05) is 6.92 Å². The lowest BCUT2D eigenvalue weighted by atomic mass is 10.3. The number of hydrogen-bond donors (Lipinski definition) is 1. The van der Waals surface area contributed by atoms with Gasteiger partial charge in [0.1, 0.15) is 5.75 Å². The Morgan fingerprint density at radius 1 is 1.23 bits per heavy atom. The highest BCUT2D eigenvalue weighted by atomic mass is 32.2. The second-order valence-electron chi connectivity index (χ2n) is 4.86. The average Bonchev–Trinajstić information content (AvgIpc) is 2.44. The third-order valence-corrected chi connectivity index (χ3v) is 4.14. The SMILES string of the molecule is CCCC(=O)NCCN(c1ccc(OCC)cc1)S(C)(=O)=O. The highest BCUT2D eigenvalue weighted by Gasteiger charge is 2.17. The van der Waals surface area contributed by atoms with Gasteiger partial charge < -0.3 is 10.1 Å². The lowest BCUT2D eigenvalue weighted by Gasteiger charge is -2.22. The number of carbonyl (C=O) groups is 1. The van der Waals surface area contributed by atoms with Crippen molar-refractivity contribution in [3.05, 3.63) is 24.3 Å². The normalized spacial score (nSPS) is 11.0. The van der Waals surface area contributed by atoms with Crippen molar-refractivity contribution in [2.24, 2.45) is 0 Å². The first kappa shape index (κ1) is 18.3. The first-order chi connectivity index (χ1) is 10.4.